The minimum absolute atomic E-state index is 0.137. The van der Waals surface area contributed by atoms with Crippen molar-refractivity contribution in [2.24, 2.45) is 10.9 Å². The van der Waals surface area contributed by atoms with Crippen LogP contribution in [-0.4, -0.2) is 17.8 Å². The number of nitrogens with one attached hydrogen (secondary N) is 1. The van der Waals surface area contributed by atoms with Crippen LogP contribution in [0.25, 0.3) is 0 Å². The molecule has 2 rings (SSSR count). The quantitative estimate of drug-likeness (QED) is 0.835. The van der Waals surface area contributed by atoms with Crippen LogP contribution >= 0.6 is 0 Å². The predicted molar refractivity (Wildman–Crippen MR) is 64.7 cm³/mol. The fourth-order valence-corrected chi connectivity index (χ4v) is 1.97. The third-order valence-corrected chi connectivity index (χ3v) is 2.95. The molecule has 1 aromatic rings. The molecule has 1 amide bonds. The molecule has 7 heteroatoms. The van der Waals surface area contributed by atoms with E-state index < -0.39 is 29.5 Å². The van der Waals surface area contributed by atoms with Gasteiger partial charge in [0.05, 0.1) is 5.56 Å². The van der Waals surface area contributed by atoms with Gasteiger partial charge in [0, 0.05) is 5.56 Å². The second-order valence-corrected chi connectivity index (χ2v) is 4.84. The molecule has 20 heavy (non-hydrogen) atoms. The van der Waals surface area contributed by atoms with Gasteiger partial charge < -0.3 is 5.32 Å². The summed E-state index contributed by atoms with van der Waals surface area (Å²) in [6.45, 7) is 3.48. The number of hydrogen-bond donors (Lipinski definition) is 1. The maximum atomic E-state index is 13.0. The van der Waals surface area contributed by atoms with Crippen molar-refractivity contribution < 1.29 is 22.4 Å². The smallest absolute Gasteiger partial charge is 0.309 e. The Kier molecular flexibility index (Phi) is 3.54. The van der Waals surface area contributed by atoms with Crippen molar-refractivity contribution in [1.82, 2.24) is 5.32 Å². The van der Waals surface area contributed by atoms with E-state index in [2.05, 4.69) is 10.3 Å². The monoisotopic (exact) mass is 288 g/mol. The fraction of sp³-hybridized carbons (Fsp3) is 0.385. The van der Waals surface area contributed by atoms with Crippen LogP contribution < -0.4 is 5.32 Å². The maximum Gasteiger partial charge on any atom is 0.417 e. The van der Waals surface area contributed by atoms with E-state index in [1.165, 1.54) is 0 Å². The molecule has 0 aromatic heterocycles. The van der Waals surface area contributed by atoms with E-state index in [0.717, 1.165) is 12.1 Å². The van der Waals surface area contributed by atoms with Crippen LogP contribution in [-0.2, 0) is 11.0 Å². The molecule has 0 fully saturated rings. The van der Waals surface area contributed by atoms with Gasteiger partial charge in [0.2, 0.25) is 0 Å². The van der Waals surface area contributed by atoms with Gasteiger partial charge in [-0.25, -0.2) is 4.39 Å². The number of aliphatic imine (C=N–C) groups is 1. The van der Waals surface area contributed by atoms with Crippen LogP contribution in [0.4, 0.5) is 17.6 Å². The van der Waals surface area contributed by atoms with Crippen molar-refractivity contribution in [2.45, 2.75) is 26.1 Å². The van der Waals surface area contributed by atoms with E-state index in [1.54, 1.807) is 13.8 Å². The Bertz CT molecular complexity index is 578. The Hall–Kier alpha value is -1.92. The molecule has 1 aromatic carbocycles. The van der Waals surface area contributed by atoms with E-state index >= 15 is 0 Å². The van der Waals surface area contributed by atoms with E-state index in [0.29, 0.717) is 6.07 Å². The molecule has 3 nitrogen and oxygen atoms in total. The van der Waals surface area contributed by atoms with Crippen molar-refractivity contribution in [2.75, 3.05) is 0 Å². The van der Waals surface area contributed by atoms with Crippen LogP contribution in [0.2, 0.25) is 0 Å². The first-order valence-electron chi connectivity index (χ1n) is 5.96. The maximum absolute atomic E-state index is 13.0. The van der Waals surface area contributed by atoms with Crippen LogP contribution in [0.15, 0.2) is 23.2 Å². The van der Waals surface area contributed by atoms with Crippen molar-refractivity contribution in [1.29, 1.82) is 0 Å². The topological polar surface area (TPSA) is 41.5 Å². The van der Waals surface area contributed by atoms with Crippen molar-refractivity contribution in [3.63, 3.8) is 0 Å². The highest BCUT2D eigenvalue weighted by Crippen LogP contribution is 2.33. The van der Waals surface area contributed by atoms with Gasteiger partial charge in [-0.3, -0.25) is 9.79 Å². The molecule has 1 atom stereocenters. The molecule has 1 unspecified atom stereocenters. The largest absolute Gasteiger partial charge is 0.417 e. The zero-order chi connectivity index (χ0) is 15.1. The number of rotatable bonds is 2. The Labute approximate surface area is 112 Å². The molecule has 0 aliphatic carbocycles. The first kappa shape index (κ1) is 14.5. The number of amidine groups is 1. The highest BCUT2D eigenvalue weighted by atomic mass is 19.4. The summed E-state index contributed by atoms with van der Waals surface area (Å²) >= 11 is 0. The summed E-state index contributed by atoms with van der Waals surface area (Å²) in [4.78, 5) is 15.6. The zero-order valence-corrected chi connectivity index (χ0v) is 10.8. The number of carbonyl (C=O) groups is 1. The highest BCUT2D eigenvalue weighted by Gasteiger charge is 2.38. The Morgan fingerprint density at radius 2 is 1.95 bits per heavy atom. The molecule has 1 N–H and O–H groups in total. The molecule has 1 heterocycles. The summed E-state index contributed by atoms with van der Waals surface area (Å²) in [5.74, 6) is -1.75. The van der Waals surface area contributed by atoms with Crippen molar-refractivity contribution in [3.05, 3.63) is 35.1 Å². The second kappa shape index (κ2) is 4.88. The molecular weight excluding hydrogens is 276 g/mol. The first-order chi connectivity index (χ1) is 9.20. The lowest BCUT2D eigenvalue weighted by Crippen LogP contribution is -2.32. The third kappa shape index (κ3) is 2.66. The number of amides is 1. The number of alkyl halides is 3. The molecule has 0 bridgehead atoms. The average Bonchev–Trinajstić information content (AvgIpc) is 2.70. The van der Waals surface area contributed by atoms with Gasteiger partial charge in [0.25, 0.3) is 5.91 Å². The highest BCUT2D eigenvalue weighted by molar-refractivity contribution is 6.14. The molecule has 1 aliphatic rings. The Balaban J connectivity index is 2.49. The first-order valence-corrected chi connectivity index (χ1v) is 5.96. The predicted octanol–water partition coefficient (Wildman–Crippen LogP) is 2.75. The summed E-state index contributed by atoms with van der Waals surface area (Å²) in [7, 11) is 0. The Morgan fingerprint density at radius 3 is 2.45 bits per heavy atom. The minimum atomic E-state index is -4.72. The standard InChI is InChI=1S/C13H12F4N2O/c1-6(2)10-12(20)19-11(18-10)8-4-3-7(14)5-9(8)13(15,16)17/h3-6,10H,1-2H3,(H,18,19,20). The van der Waals surface area contributed by atoms with Crippen molar-refractivity contribution in [3.8, 4) is 0 Å². The van der Waals surface area contributed by atoms with E-state index in [4.69, 9.17) is 0 Å². The zero-order valence-electron chi connectivity index (χ0n) is 10.8. The van der Waals surface area contributed by atoms with Gasteiger partial charge >= 0.3 is 6.18 Å². The molecule has 0 radical (unpaired) electrons. The van der Waals surface area contributed by atoms with Crippen LogP contribution in [0.3, 0.4) is 0 Å². The van der Waals surface area contributed by atoms with Crippen molar-refractivity contribution >= 4 is 11.7 Å². The lowest BCUT2D eigenvalue weighted by molar-refractivity contribution is -0.138. The second-order valence-electron chi connectivity index (χ2n) is 4.84. The Morgan fingerprint density at radius 1 is 1.30 bits per heavy atom. The summed E-state index contributed by atoms with van der Waals surface area (Å²) in [6.07, 6.45) is -4.72. The number of benzene rings is 1. The summed E-state index contributed by atoms with van der Waals surface area (Å²) in [5, 5.41) is 2.32. The fourth-order valence-electron chi connectivity index (χ4n) is 1.97. The lowest BCUT2D eigenvalue weighted by atomic mass is 10.1. The molecule has 108 valence electrons. The van der Waals surface area contributed by atoms with Gasteiger partial charge in [-0.15, -0.1) is 0 Å². The van der Waals surface area contributed by atoms with Gasteiger partial charge in [-0.05, 0) is 24.1 Å². The van der Waals surface area contributed by atoms with E-state index in [9.17, 15) is 22.4 Å². The van der Waals surface area contributed by atoms with Crippen LogP contribution in [0, 0.1) is 11.7 Å². The van der Waals surface area contributed by atoms with E-state index in [-0.39, 0.29) is 17.3 Å². The normalized spacial score (nSPS) is 19.2. The molecule has 0 spiro atoms. The average molecular weight is 288 g/mol. The lowest BCUT2D eigenvalue weighted by Gasteiger charge is -2.12. The minimum Gasteiger partial charge on any atom is -0.309 e. The van der Waals surface area contributed by atoms with Gasteiger partial charge in [-0.1, -0.05) is 13.8 Å². The number of halogens is 4. The molecule has 0 saturated carbocycles. The SMILES string of the molecule is CC(C)C1N=C(c2ccc(F)cc2C(F)(F)F)NC1=O. The summed E-state index contributed by atoms with van der Waals surface area (Å²) < 4.78 is 51.7. The van der Waals surface area contributed by atoms with Crippen LogP contribution in [0.5, 0.6) is 0 Å². The third-order valence-electron chi connectivity index (χ3n) is 2.95. The van der Waals surface area contributed by atoms with Gasteiger partial charge in [0.15, 0.2) is 0 Å². The molecular formula is C13H12F4N2O. The van der Waals surface area contributed by atoms with E-state index in [1.807, 2.05) is 0 Å². The summed E-state index contributed by atoms with van der Waals surface area (Å²) in [5.41, 5.74) is -1.48. The molecule has 1 aliphatic heterocycles. The summed E-state index contributed by atoms with van der Waals surface area (Å²) in [6, 6.07) is 1.55. The van der Waals surface area contributed by atoms with Gasteiger partial charge in [-0.2, -0.15) is 13.2 Å². The number of carbonyl (C=O) groups excluding carboxylic acids is 1. The van der Waals surface area contributed by atoms with Gasteiger partial charge in [0.1, 0.15) is 17.7 Å². The number of nitrogens with zero attached hydrogens (tertiary/aromatic N) is 1. The molecule has 0 saturated heterocycles. The van der Waals surface area contributed by atoms with Crippen LogP contribution in [0.1, 0.15) is 25.0 Å². The number of hydrogen-bond acceptors (Lipinski definition) is 2.